The molecule has 17 heavy (non-hydrogen) atoms. The van der Waals surface area contributed by atoms with E-state index in [1.165, 1.54) is 51.4 Å². The summed E-state index contributed by atoms with van der Waals surface area (Å²) in [5, 5.41) is 9.60. The first-order chi connectivity index (χ1) is 8.29. The van der Waals surface area contributed by atoms with Gasteiger partial charge in [-0.3, -0.25) is 0 Å². The predicted octanol–water partition coefficient (Wildman–Crippen LogP) is 4.68. The second-order valence-corrected chi connectivity index (χ2v) is 6.67. The molecule has 2 bridgehead atoms. The fourth-order valence-corrected chi connectivity index (χ4v) is 4.29. The van der Waals surface area contributed by atoms with Gasteiger partial charge in [-0.05, 0) is 47.5 Å². The van der Waals surface area contributed by atoms with Crippen molar-refractivity contribution in [2.24, 2.45) is 17.8 Å². The van der Waals surface area contributed by atoms with Gasteiger partial charge in [-0.15, -0.1) is 0 Å². The fourth-order valence-electron chi connectivity index (χ4n) is 3.81. The average Bonchev–Trinajstić information content (AvgIpc) is 2.70. The maximum absolute atomic E-state index is 9.60. The zero-order valence-electron chi connectivity index (χ0n) is 10.7. The highest BCUT2D eigenvalue weighted by atomic mass is 127. The number of hydrogen-bond acceptors (Lipinski definition) is 1. The zero-order chi connectivity index (χ0) is 12.1. The van der Waals surface area contributed by atoms with Crippen molar-refractivity contribution in [1.29, 1.82) is 0 Å². The van der Waals surface area contributed by atoms with E-state index in [1.807, 2.05) is 10.2 Å². The van der Waals surface area contributed by atoms with E-state index in [4.69, 9.17) is 0 Å². The molecule has 0 saturated heterocycles. The van der Waals surface area contributed by atoms with Gasteiger partial charge in [0.05, 0.1) is 6.10 Å². The molecular formula is C15H25IO. The third-order valence-electron chi connectivity index (χ3n) is 4.81. The van der Waals surface area contributed by atoms with Crippen LogP contribution in [0.3, 0.4) is 0 Å². The summed E-state index contributed by atoms with van der Waals surface area (Å²) in [7, 11) is 0. The SMILES string of the molecule is OC(/C=C/I)CCCCC1CCC2CCC1C2. The molecule has 0 aliphatic heterocycles. The number of halogens is 1. The van der Waals surface area contributed by atoms with E-state index < -0.39 is 0 Å². The molecule has 0 aromatic carbocycles. The number of aliphatic hydroxyl groups is 1. The number of fused-ring (bicyclic) bond motifs is 2. The normalized spacial score (nSPS) is 34.4. The van der Waals surface area contributed by atoms with Gasteiger partial charge in [0.25, 0.3) is 0 Å². The van der Waals surface area contributed by atoms with Gasteiger partial charge < -0.3 is 5.11 Å². The number of rotatable bonds is 6. The molecule has 0 aromatic rings. The summed E-state index contributed by atoms with van der Waals surface area (Å²) in [5.74, 6) is 3.17. The molecular weight excluding hydrogens is 323 g/mol. The lowest BCUT2D eigenvalue weighted by Crippen LogP contribution is -2.17. The molecule has 1 N–H and O–H groups in total. The van der Waals surface area contributed by atoms with E-state index in [9.17, 15) is 5.11 Å². The second-order valence-electron chi connectivity index (χ2n) is 5.95. The minimum absolute atomic E-state index is 0.214. The Labute approximate surface area is 119 Å². The highest BCUT2D eigenvalue weighted by Crippen LogP contribution is 2.46. The van der Waals surface area contributed by atoms with Crippen LogP contribution in [-0.2, 0) is 0 Å². The molecule has 2 aliphatic carbocycles. The predicted molar refractivity (Wildman–Crippen MR) is 81.2 cm³/mol. The Morgan fingerprint density at radius 1 is 1.18 bits per heavy atom. The standard InChI is InChI=1S/C15H25IO/c16-10-9-15(17)4-2-1-3-13-7-5-12-6-8-14(13)11-12/h9-10,12-15,17H,1-8,11H2/b10-9+. The van der Waals surface area contributed by atoms with Crippen molar-refractivity contribution < 1.29 is 5.11 Å². The van der Waals surface area contributed by atoms with Crippen molar-refractivity contribution in [3.05, 3.63) is 10.2 Å². The molecule has 0 amide bonds. The van der Waals surface area contributed by atoms with Gasteiger partial charge in [-0.1, -0.05) is 60.8 Å². The fraction of sp³-hybridized carbons (Fsp3) is 0.867. The third-order valence-corrected chi connectivity index (χ3v) is 5.23. The maximum atomic E-state index is 9.60. The molecule has 2 fully saturated rings. The topological polar surface area (TPSA) is 20.2 Å². The van der Waals surface area contributed by atoms with Crippen molar-refractivity contribution >= 4 is 22.6 Å². The highest BCUT2D eigenvalue weighted by molar-refractivity contribution is 14.1. The van der Waals surface area contributed by atoms with Gasteiger partial charge >= 0.3 is 0 Å². The molecule has 2 saturated carbocycles. The second kappa shape index (κ2) is 7.13. The van der Waals surface area contributed by atoms with Gasteiger partial charge in [0, 0.05) is 0 Å². The first kappa shape index (κ1) is 13.9. The monoisotopic (exact) mass is 348 g/mol. The highest BCUT2D eigenvalue weighted by Gasteiger charge is 2.34. The Morgan fingerprint density at radius 2 is 2.00 bits per heavy atom. The van der Waals surface area contributed by atoms with Gasteiger partial charge in [-0.2, -0.15) is 0 Å². The van der Waals surface area contributed by atoms with E-state index in [0.717, 1.165) is 24.2 Å². The lowest BCUT2D eigenvalue weighted by molar-refractivity contribution is 0.198. The van der Waals surface area contributed by atoms with Gasteiger partial charge in [0.1, 0.15) is 0 Å². The largest absolute Gasteiger partial charge is 0.389 e. The maximum Gasteiger partial charge on any atom is 0.0728 e. The summed E-state index contributed by atoms with van der Waals surface area (Å²) < 4.78 is 1.92. The summed E-state index contributed by atoms with van der Waals surface area (Å²) in [4.78, 5) is 0. The summed E-state index contributed by atoms with van der Waals surface area (Å²) >= 11 is 2.17. The average molecular weight is 348 g/mol. The van der Waals surface area contributed by atoms with Crippen molar-refractivity contribution in [2.45, 2.75) is 63.9 Å². The van der Waals surface area contributed by atoms with Crippen LogP contribution in [0.5, 0.6) is 0 Å². The molecule has 98 valence electrons. The van der Waals surface area contributed by atoms with Crippen LogP contribution >= 0.6 is 22.6 Å². The lowest BCUT2D eigenvalue weighted by atomic mass is 9.77. The van der Waals surface area contributed by atoms with Crippen molar-refractivity contribution in [3.8, 4) is 0 Å². The Bertz CT molecular complexity index is 251. The molecule has 2 aliphatic rings. The molecule has 4 atom stereocenters. The molecule has 0 aromatic heterocycles. The number of hydrogen-bond donors (Lipinski definition) is 1. The van der Waals surface area contributed by atoms with Gasteiger partial charge in [0.15, 0.2) is 0 Å². The zero-order valence-corrected chi connectivity index (χ0v) is 12.8. The molecule has 2 rings (SSSR count). The summed E-state index contributed by atoms with van der Waals surface area (Å²) in [6.45, 7) is 0. The van der Waals surface area contributed by atoms with Crippen LogP contribution in [0.15, 0.2) is 10.2 Å². The Kier molecular flexibility index (Phi) is 5.81. The van der Waals surface area contributed by atoms with Crippen LogP contribution in [0, 0.1) is 17.8 Å². The summed E-state index contributed by atoms with van der Waals surface area (Å²) in [6, 6.07) is 0. The Hall–Kier alpha value is 0.430. The first-order valence-corrected chi connectivity index (χ1v) is 8.49. The van der Waals surface area contributed by atoms with E-state index in [2.05, 4.69) is 22.6 Å². The van der Waals surface area contributed by atoms with Crippen LogP contribution < -0.4 is 0 Å². The van der Waals surface area contributed by atoms with Crippen molar-refractivity contribution in [2.75, 3.05) is 0 Å². The van der Waals surface area contributed by atoms with Gasteiger partial charge in [-0.25, -0.2) is 0 Å². The molecule has 0 radical (unpaired) electrons. The van der Waals surface area contributed by atoms with E-state index in [-0.39, 0.29) is 6.10 Å². The summed E-state index contributed by atoms with van der Waals surface area (Å²) in [6.07, 6.45) is 14.1. The number of unbranched alkanes of at least 4 members (excludes halogenated alkanes) is 1. The van der Waals surface area contributed by atoms with E-state index in [0.29, 0.717) is 0 Å². The van der Waals surface area contributed by atoms with Crippen molar-refractivity contribution in [3.63, 3.8) is 0 Å². The number of aliphatic hydroxyl groups excluding tert-OH is 1. The third kappa shape index (κ3) is 4.23. The molecule has 2 heteroatoms. The van der Waals surface area contributed by atoms with Crippen LogP contribution in [0.2, 0.25) is 0 Å². The lowest BCUT2D eigenvalue weighted by Gasteiger charge is -2.28. The van der Waals surface area contributed by atoms with Crippen LogP contribution in [0.1, 0.15) is 57.8 Å². The van der Waals surface area contributed by atoms with Gasteiger partial charge in [0.2, 0.25) is 0 Å². The quantitative estimate of drug-likeness (QED) is 0.546. The molecule has 1 nitrogen and oxygen atoms in total. The van der Waals surface area contributed by atoms with Crippen molar-refractivity contribution in [1.82, 2.24) is 0 Å². The molecule has 4 unspecified atom stereocenters. The minimum Gasteiger partial charge on any atom is -0.389 e. The van der Waals surface area contributed by atoms with E-state index >= 15 is 0 Å². The molecule has 0 heterocycles. The Balaban J connectivity index is 1.59. The van der Waals surface area contributed by atoms with Crippen LogP contribution in [0.4, 0.5) is 0 Å². The molecule has 0 spiro atoms. The minimum atomic E-state index is -0.214. The van der Waals surface area contributed by atoms with E-state index in [1.54, 1.807) is 0 Å². The first-order valence-electron chi connectivity index (χ1n) is 7.24. The smallest absolute Gasteiger partial charge is 0.0728 e. The Morgan fingerprint density at radius 3 is 2.82 bits per heavy atom. The summed E-state index contributed by atoms with van der Waals surface area (Å²) in [5.41, 5.74) is 0. The van der Waals surface area contributed by atoms with Crippen LogP contribution in [-0.4, -0.2) is 11.2 Å². The van der Waals surface area contributed by atoms with Crippen LogP contribution in [0.25, 0.3) is 0 Å².